The van der Waals surface area contributed by atoms with Gasteiger partial charge in [-0.25, -0.2) is 0 Å². The van der Waals surface area contributed by atoms with Gasteiger partial charge >= 0.3 is 0 Å². The monoisotopic (exact) mass is 339 g/mol. The lowest BCUT2D eigenvalue weighted by Gasteiger charge is -2.34. The van der Waals surface area contributed by atoms with E-state index in [9.17, 15) is 0 Å². The Balaban J connectivity index is 1.42. The smallest absolute Gasteiger partial charge is 0.208 e. The van der Waals surface area contributed by atoms with Crippen LogP contribution < -0.4 is 9.80 Å². The standard InChI is InChI=1S/C16H17N7S/c1-12-18-21-16(24-12)23-9-7-22(8-10-23)15-5-4-14(19-20-15)13-3-2-6-17-11-13/h2-6,11H,7-10H2,1H3. The summed E-state index contributed by atoms with van der Waals surface area (Å²) >= 11 is 1.64. The molecule has 0 radical (unpaired) electrons. The van der Waals surface area contributed by atoms with E-state index >= 15 is 0 Å². The van der Waals surface area contributed by atoms with Crippen molar-refractivity contribution >= 4 is 22.3 Å². The molecule has 1 saturated heterocycles. The molecule has 4 rings (SSSR count). The lowest BCUT2D eigenvalue weighted by atomic mass is 10.2. The Kier molecular flexibility index (Phi) is 4.04. The molecule has 0 spiro atoms. The number of aromatic nitrogens is 5. The van der Waals surface area contributed by atoms with Crippen LogP contribution in [0.3, 0.4) is 0 Å². The summed E-state index contributed by atoms with van der Waals surface area (Å²) in [7, 11) is 0. The first kappa shape index (κ1) is 14.9. The van der Waals surface area contributed by atoms with Crippen LogP contribution in [0.5, 0.6) is 0 Å². The molecule has 3 aromatic heterocycles. The van der Waals surface area contributed by atoms with Gasteiger partial charge in [-0.05, 0) is 31.2 Å². The Bertz CT molecular complexity index is 795. The summed E-state index contributed by atoms with van der Waals surface area (Å²) in [5.41, 5.74) is 1.82. The normalized spacial score (nSPS) is 14.9. The third kappa shape index (κ3) is 3.05. The summed E-state index contributed by atoms with van der Waals surface area (Å²) in [6.45, 7) is 5.62. The van der Waals surface area contributed by atoms with Crippen molar-refractivity contribution in [1.29, 1.82) is 0 Å². The third-order valence-corrected chi connectivity index (χ3v) is 4.90. The number of hydrogen-bond donors (Lipinski definition) is 0. The van der Waals surface area contributed by atoms with Gasteiger partial charge in [-0.3, -0.25) is 4.98 Å². The second kappa shape index (κ2) is 6.48. The van der Waals surface area contributed by atoms with Gasteiger partial charge in [0.05, 0.1) is 5.69 Å². The van der Waals surface area contributed by atoms with E-state index in [2.05, 4.69) is 35.2 Å². The zero-order chi connectivity index (χ0) is 16.4. The average Bonchev–Trinajstić information content (AvgIpc) is 3.09. The fourth-order valence-electron chi connectivity index (χ4n) is 2.70. The van der Waals surface area contributed by atoms with Crippen molar-refractivity contribution in [1.82, 2.24) is 25.4 Å². The Morgan fingerprint density at radius 3 is 2.38 bits per heavy atom. The molecule has 0 amide bonds. The van der Waals surface area contributed by atoms with Crippen LogP contribution in [0.2, 0.25) is 0 Å². The quantitative estimate of drug-likeness (QED) is 0.723. The first-order valence-electron chi connectivity index (χ1n) is 7.84. The summed E-state index contributed by atoms with van der Waals surface area (Å²) in [5.74, 6) is 0.913. The van der Waals surface area contributed by atoms with Crippen LogP contribution in [0.4, 0.5) is 10.9 Å². The predicted molar refractivity (Wildman–Crippen MR) is 94.3 cm³/mol. The van der Waals surface area contributed by atoms with E-state index in [1.807, 2.05) is 31.2 Å². The maximum atomic E-state index is 4.38. The summed E-state index contributed by atoms with van der Waals surface area (Å²) in [5, 5.41) is 19.1. The van der Waals surface area contributed by atoms with Gasteiger partial charge in [0.25, 0.3) is 0 Å². The Morgan fingerprint density at radius 1 is 0.917 bits per heavy atom. The maximum Gasteiger partial charge on any atom is 0.208 e. The van der Waals surface area contributed by atoms with Crippen LogP contribution in [0.1, 0.15) is 5.01 Å². The molecule has 0 unspecified atom stereocenters. The molecule has 4 heterocycles. The van der Waals surface area contributed by atoms with E-state index in [0.29, 0.717) is 0 Å². The molecule has 0 bridgehead atoms. The van der Waals surface area contributed by atoms with Gasteiger partial charge in [-0.1, -0.05) is 11.3 Å². The lowest BCUT2D eigenvalue weighted by molar-refractivity contribution is 0.640. The Hall–Kier alpha value is -2.61. The zero-order valence-electron chi connectivity index (χ0n) is 13.3. The molecule has 0 aliphatic carbocycles. The van der Waals surface area contributed by atoms with Gasteiger partial charge in [-0.2, -0.15) is 0 Å². The molecule has 0 N–H and O–H groups in total. The van der Waals surface area contributed by atoms with E-state index in [1.165, 1.54) is 0 Å². The highest BCUT2D eigenvalue weighted by molar-refractivity contribution is 7.15. The van der Waals surface area contributed by atoms with E-state index in [0.717, 1.165) is 53.4 Å². The summed E-state index contributed by atoms with van der Waals surface area (Å²) in [6, 6.07) is 7.92. The number of piperazine rings is 1. The molecule has 122 valence electrons. The minimum absolute atomic E-state index is 0.842. The topological polar surface area (TPSA) is 70.9 Å². The van der Waals surface area contributed by atoms with E-state index < -0.39 is 0 Å². The highest BCUT2D eigenvalue weighted by Gasteiger charge is 2.20. The van der Waals surface area contributed by atoms with E-state index in [-0.39, 0.29) is 0 Å². The van der Waals surface area contributed by atoms with Gasteiger partial charge < -0.3 is 9.80 Å². The molecule has 0 aromatic carbocycles. The molecule has 1 aliphatic heterocycles. The Labute approximate surface area is 144 Å². The van der Waals surface area contributed by atoms with Gasteiger partial charge in [0.15, 0.2) is 5.82 Å². The fourth-order valence-corrected chi connectivity index (χ4v) is 3.44. The van der Waals surface area contributed by atoms with Crippen molar-refractivity contribution in [2.24, 2.45) is 0 Å². The number of nitrogens with zero attached hydrogens (tertiary/aromatic N) is 7. The minimum atomic E-state index is 0.842. The first-order chi connectivity index (χ1) is 11.8. The molecule has 0 atom stereocenters. The molecule has 1 aliphatic rings. The number of pyridine rings is 1. The second-order valence-electron chi connectivity index (χ2n) is 5.60. The van der Waals surface area contributed by atoms with E-state index in [4.69, 9.17) is 0 Å². The molecule has 7 nitrogen and oxygen atoms in total. The molecule has 24 heavy (non-hydrogen) atoms. The maximum absolute atomic E-state index is 4.38. The summed E-state index contributed by atoms with van der Waals surface area (Å²) < 4.78 is 0. The first-order valence-corrected chi connectivity index (χ1v) is 8.65. The third-order valence-electron chi connectivity index (χ3n) is 4.00. The summed E-state index contributed by atoms with van der Waals surface area (Å²) in [4.78, 5) is 8.65. The van der Waals surface area contributed by atoms with E-state index in [1.54, 1.807) is 23.7 Å². The fraction of sp³-hybridized carbons (Fsp3) is 0.312. The lowest BCUT2D eigenvalue weighted by Crippen LogP contribution is -2.46. The van der Waals surface area contributed by atoms with Crippen LogP contribution in [0.25, 0.3) is 11.3 Å². The van der Waals surface area contributed by atoms with Crippen LogP contribution >= 0.6 is 11.3 Å². The SMILES string of the molecule is Cc1nnc(N2CCN(c3ccc(-c4cccnc4)nn3)CC2)s1. The van der Waals surface area contributed by atoms with Crippen molar-refractivity contribution in [3.63, 3.8) is 0 Å². The number of anilines is 2. The van der Waals surface area contributed by atoms with Gasteiger partial charge in [0.2, 0.25) is 5.13 Å². The highest BCUT2D eigenvalue weighted by atomic mass is 32.1. The Morgan fingerprint density at radius 2 is 1.75 bits per heavy atom. The van der Waals surface area contributed by atoms with Crippen LogP contribution in [-0.2, 0) is 0 Å². The number of aryl methyl sites for hydroxylation is 1. The number of rotatable bonds is 3. The molecular formula is C16H17N7S. The van der Waals surface area contributed by atoms with Crippen LogP contribution in [0.15, 0.2) is 36.7 Å². The van der Waals surface area contributed by atoms with Crippen molar-refractivity contribution in [3.8, 4) is 11.3 Å². The molecule has 3 aromatic rings. The zero-order valence-corrected chi connectivity index (χ0v) is 14.1. The second-order valence-corrected chi connectivity index (χ2v) is 6.76. The molecular weight excluding hydrogens is 322 g/mol. The predicted octanol–water partition coefficient (Wildman–Crippen LogP) is 2.03. The van der Waals surface area contributed by atoms with Crippen molar-refractivity contribution < 1.29 is 0 Å². The highest BCUT2D eigenvalue weighted by Crippen LogP contribution is 2.23. The average molecular weight is 339 g/mol. The van der Waals surface area contributed by atoms with Crippen LogP contribution in [0, 0.1) is 6.92 Å². The van der Waals surface area contributed by atoms with Crippen molar-refractivity contribution in [2.75, 3.05) is 36.0 Å². The van der Waals surface area contributed by atoms with Gasteiger partial charge in [0.1, 0.15) is 5.01 Å². The van der Waals surface area contributed by atoms with Crippen molar-refractivity contribution in [3.05, 3.63) is 41.7 Å². The minimum Gasteiger partial charge on any atom is -0.352 e. The largest absolute Gasteiger partial charge is 0.352 e. The number of hydrogen-bond acceptors (Lipinski definition) is 8. The van der Waals surface area contributed by atoms with Crippen molar-refractivity contribution in [2.45, 2.75) is 6.92 Å². The van der Waals surface area contributed by atoms with Gasteiger partial charge in [0, 0.05) is 44.1 Å². The summed E-state index contributed by atoms with van der Waals surface area (Å²) in [6.07, 6.45) is 3.55. The van der Waals surface area contributed by atoms with Gasteiger partial charge in [-0.15, -0.1) is 20.4 Å². The van der Waals surface area contributed by atoms with Crippen LogP contribution in [-0.4, -0.2) is 51.6 Å². The molecule has 8 heteroatoms. The molecule has 1 fully saturated rings. The molecule has 0 saturated carbocycles.